The zero-order valence-corrected chi connectivity index (χ0v) is 26.7. The van der Waals surface area contributed by atoms with E-state index in [9.17, 15) is 5.26 Å². The highest BCUT2D eigenvalue weighted by Gasteiger charge is 2.18. The highest BCUT2D eigenvalue weighted by molar-refractivity contribution is 6.11. The van der Waals surface area contributed by atoms with Crippen molar-refractivity contribution in [3.8, 4) is 39.7 Å². The molecule has 0 radical (unpaired) electrons. The van der Waals surface area contributed by atoms with Crippen LogP contribution in [0.2, 0.25) is 0 Å². The topological polar surface area (TPSA) is 42.4 Å². The van der Waals surface area contributed by atoms with Gasteiger partial charge in [-0.05, 0) is 71.3 Å². The Morgan fingerprint density at radius 3 is 1.82 bits per heavy atom. The fraction of sp³-hybridized carbons (Fsp3) is 0. The summed E-state index contributed by atoms with van der Waals surface area (Å²) in [5, 5.41) is 14.0. The van der Waals surface area contributed by atoms with Crippen LogP contribution >= 0.6 is 0 Å². The highest BCUT2D eigenvalue weighted by atomic mass is 15.0. The Morgan fingerprint density at radius 2 is 1.10 bits per heavy atom. The summed E-state index contributed by atoms with van der Waals surface area (Å²) >= 11 is 0. The fourth-order valence-corrected chi connectivity index (χ4v) is 7.29. The Morgan fingerprint density at radius 1 is 0.460 bits per heavy atom. The Hall–Kier alpha value is -7.39. The van der Waals surface area contributed by atoms with Crippen LogP contribution in [0, 0.1) is 24.5 Å². The second-order valence-electron chi connectivity index (χ2n) is 12.3. The lowest BCUT2D eigenvalue weighted by Gasteiger charge is -2.16. The third-order valence-electron chi connectivity index (χ3n) is 9.57. The largest absolute Gasteiger partial charge is 0.311 e. The molecule has 0 saturated heterocycles. The second-order valence-corrected chi connectivity index (χ2v) is 12.3. The van der Waals surface area contributed by atoms with Gasteiger partial charge >= 0.3 is 0 Å². The van der Waals surface area contributed by atoms with E-state index in [1.807, 2.05) is 54.6 Å². The molecule has 0 aliphatic carbocycles. The normalized spacial score (nSPS) is 11.1. The molecule has 0 aliphatic heterocycles. The molecule has 9 aromatic rings. The Labute approximate surface area is 288 Å². The van der Waals surface area contributed by atoms with Crippen LogP contribution in [0.5, 0.6) is 0 Å². The molecule has 230 valence electrons. The summed E-state index contributed by atoms with van der Waals surface area (Å²) in [6, 6.07) is 53.6. The molecule has 0 saturated carbocycles. The molecule has 5 heteroatoms. The van der Waals surface area contributed by atoms with Crippen LogP contribution in [-0.4, -0.2) is 9.13 Å². The Kier molecular flexibility index (Phi) is 6.56. The molecule has 0 aliphatic rings. The molecule has 0 spiro atoms. The van der Waals surface area contributed by atoms with Gasteiger partial charge in [0.05, 0.1) is 41.3 Å². The van der Waals surface area contributed by atoms with Crippen molar-refractivity contribution < 1.29 is 0 Å². The third kappa shape index (κ3) is 4.45. The average Bonchev–Trinajstić information content (AvgIpc) is 3.69. The van der Waals surface area contributed by atoms with Crippen molar-refractivity contribution in [1.82, 2.24) is 9.13 Å². The molecule has 0 amide bonds. The first kappa shape index (κ1) is 28.8. The first-order chi connectivity index (χ1) is 24.6. The predicted molar refractivity (Wildman–Crippen MR) is 203 cm³/mol. The number of benzene rings is 7. The van der Waals surface area contributed by atoms with Gasteiger partial charge < -0.3 is 9.13 Å². The van der Waals surface area contributed by atoms with Crippen molar-refractivity contribution >= 4 is 55.0 Å². The van der Waals surface area contributed by atoms with Crippen LogP contribution < -0.4 is 0 Å². The molecule has 2 aromatic heterocycles. The summed E-state index contributed by atoms with van der Waals surface area (Å²) in [7, 11) is 0. The number of hydrogen-bond acceptors (Lipinski definition) is 1. The molecule has 0 atom stereocenters. The van der Waals surface area contributed by atoms with Crippen LogP contribution in [0.25, 0.3) is 86.9 Å². The lowest BCUT2D eigenvalue weighted by atomic mass is 9.98. The van der Waals surface area contributed by atoms with Gasteiger partial charge in [0.1, 0.15) is 0 Å². The first-order valence-electron chi connectivity index (χ1n) is 16.2. The minimum Gasteiger partial charge on any atom is -0.311 e. The van der Waals surface area contributed by atoms with E-state index in [-0.39, 0.29) is 0 Å². The maximum Gasteiger partial charge on any atom is 0.189 e. The van der Waals surface area contributed by atoms with Gasteiger partial charge in [-0.15, -0.1) is 0 Å². The van der Waals surface area contributed by atoms with Gasteiger partial charge in [0.15, 0.2) is 11.4 Å². The fourth-order valence-electron chi connectivity index (χ4n) is 7.29. The van der Waals surface area contributed by atoms with Gasteiger partial charge in [-0.3, -0.25) is 0 Å². The summed E-state index contributed by atoms with van der Waals surface area (Å²) in [4.78, 5) is 7.46. The summed E-state index contributed by atoms with van der Waals surface area (Å²) < 4.78 is 4.45. The summed E-state index contributed by atoms with van der Waals surface area (Å²) in [5.41, 5.74) is 11.8. The summed E-state index contributed by atoms with van der Waals surface area (Å²) in [6.07, 6.45) is 0. The van der Waals surface area contributed by atoms with Gasteiger partial charge in [-0.2, -0.15) is 5.26 Å². The van der Waals surface area contributed by atoms with Gasteiger partial charge in [0.25, 0.3) is 0 Å². The minimum atomic E-state index is 0.521. The van der Waals surface area contributed by atoms with Crippen molar-refractivity contribution in [3.05, 3.63) is 180 Å². The zero-order chi connectivity index (χ0) is 33.8. The number of fused-ring (bicyclic) bond motifs is 6. The number of nitrogens with zero attached hydrogens (tertiary/aromatic N) is 5. The van der Waals surface area contributed by atoms with E-state index in [2.05, 4.69) is 122 Å². The van der Waals surface area contributed by atoms with E-state index < -0.39 is 0 Å². The van der Waals surface area contributed by atoms with E-state index in [0.717, 1.165) is 55.4 Å². The molecule has 5 nitrogen and oxygen atoms in total. The molecule has 0 unspecified atom stereocenters. The van der Waals surface area contributed by atoms with Crippen molar-refractivity contribution in [2.24, 2.45) is 0 Å². The smallest absolute Gasteiger partial charge is 0.189 e. The highest BCUT2D eigenvalue weighted by Crippen LogP contribution is 2.40. The zero-order valence-electron chi connectivity index (χ0n) is 26.7. The van der Waals surface area contributed by atoms with Crippen LogP contribution in [0.15, 0.2) is 152 Å². The van der Waals surface area contributed by atoms with Crippen molar-refractivity contribution in [1.29, 1.82) is 5.26 Å². The SMILES string of the molecule is [C-]#[N+]c1ccc(-c2ccc(-c3cccc(-n4c5ccccc5c5ccccc54)c3)cc2)c(-n2c3ccc(C#N)cc3c3ccc([N+]#[C-])cc32)c1. The lowest BCUT2D eigenvalue weighted by molar-refractivity contribution is 1.18. The first-order valence-corrected chi connectivity index (χ1v) is 16.2. The third-order valence-corrected chi connectivity index (χ3v) is 9.57. The van der Waals surface area contributed by atoms with Crippen LogP contribution in [0.4, 0.5) is 11.4 Å². The molecule has 7 aromatic carbocycles. The average molecular weight is 636 g/mol. The second kappa shape index (κ2) is 11.4. The van der Waals surface area contributed by atoms with Crippen molar-refractivity contribution in [2.75, 3.05) is 0 Å². The van der Waals surface area contributed by atoms with Crippen molar-refractivity contribution in [3.63, 3.8) is 0 Å². The standard InChI is InChI=1S/C45H25N5/c1-47-33-19-21-36(44(26-33)50-43-23-14-29(28-46)24-40(43)39-22-20-34(48-2)27-45(39)50)31-17-15-30(16-18-31)32-8-7-9-35(25-32)49-41-12-5-3-10-37(41)38-11-4-6-13-42(38)49/h3-27H. The molecular formula is C45H25N5. The van der Waals surface area contributed by atoms with E-state index >= 15 is 0 Å². The van der Waals surface area contributed by atoms with Gasteiger partial charge in [0, 0.05) is 44.0 Å². The van der Waals surface area contributed by atoms with E-state index in [4.69, 9.17) is 13.1 Å². The van der Waals surface area contributed by atoms with E-state index in [1.54, 1.807) is 0 Å². The number of rotatable bonds is 4. The van der Waals surface area contributed by atoms with Crippen LogP contribution in [0.3, 0.4) is 0 Å². The van der Waals surface area contributed by atoms with Gasteiger partial charge in [-0.1, -0.05) is 97.1 Å². The quantitative estimate of drug-likeness (QED) is 0.177. The lowest BCUT2D eigenvalue weighted by Crippen LogP contribution is -1.97. The van der Waals surface area contributed by atoms with E-state index in [1.165, 1.54) is 21.8 Å². The number of aromatic nitrogens is 2. The molecule has 0 fully saturated rings. The summed E-state index contributed by atoms with van der Waals surface area (Å²) in [5.74, 6) is 0. The molecular weight excluding hydrogens is 611 g/mol. The number of hydrogen-bond donors (Lipinski definition) is 0. The molecule has 9 rings (SSSR count). The molecule has 50 heavy (non-hydrogen) atoms. The maximum atomic E-state index is 9.66. The van der Waals surface area contributed by atoms with Crippen molar-refractivity contribution in [2.45, 2.75) is 0 Å². The van der Waals surface area contributed by atoms with Gasteiger partial charge in [-0.25, -0.2) is 9.69 Å². The van der Waals surface area contributed by atoms with Crippen LogP contribution in [0.1, 0.15) is 5.56 Å². The maximum absolute atomic E-state index is 9.66. The molecule has 2 heterocycles. The monoisotopic (exact) mass is 635 g/mol. The summed E-state index contributed by atoms with van der Waals surface area (Å²) in [6.45, 7) is 15.5. The number of para-hydroxylation sites is 2. The van der Waals surface area contributed by atoms with E-state index in [0.29, 0.717) is 16.9 Å². The molecule has 0 N–H and O–H groups in total. The predicted octanol–water partition coefficient (Wildman–Crippen LogP) is 12.2. The molecule has 0 bridgehead atoms. The number of nitriles is 1. The Bertz CT molecular complexity index is 2900. The van der Waals surface area contributed by atoms with Gasteiger partial charge in [0.2, 0.25) is 0 Å². The Balaban J connectivity index is 1.18. The van der Waals surface area contributed by atoms with Crippen LogP contribution in [-0.2, 0) is 0 Å². The minimum absolute atomic E-state index is 0.521.